The number of aryl methyl sites for hydroxylation is 1. The minimum Gasteiger partial charge on any atom is -0.378 e. The Morgan fingerprint density at radius 1 is 1.63 bits per heavy atom. The van der Waals surface area contributed by atoms with Crippen molar-refractivity contribution in [3.8, 4) is 0 Å². The fraction of sp³-hybridized carbons (Fsp3) is 0.417. The number of nitrogens with two attached hydrogens (primary N) is 1. The molecule has 0 radical (unpaired) electrons. The fourth-order valence-corrected chi connectivity index (χ4v) is 3.32. The van der Waals surface area contributed by atoms with E-state index in [0.717, 1.165) is 17.7 Å². The first-order valence-electron chi connectivity index (χ1n) is 6.12. The number of nitrogens with zero attached hydrogens (tertiary/aromatic N) is 3. The molecule has 1 aliphatic rings. The van der Waals surface area contributed by atoms with Crippen LogP contribution in [-0.2, 0) is 0 Å². The van der Waals surface area contributed by atoms with Gasteiger partial charge >= 0.3 is 5.69 Å². The second-order valence-corrected chi connectivity index (χ2v) is 5.80. The molecule has 100 valence electrons. The van der Waals surface area contributed by atoms with Crippen molar-refractivity contribution in [1.82, 2.24) is 9.78 Å². The average molecular weight is 278 g/mol. The molecule has 1 unspecified atom stereocenters. The number of thiophene rings is 1. The Bertz CT molecular complexity index is 616. The lowest BCUT2D eigenvalue weighted by atomic mass is 10.1. The summed E-state index contributed by atoms with van der Waals surface area (Å²) in [6.45, 7) is 1.63. The van der Waals surface area contributed by atoms with E-state index in [1.807, 2.05) is 17.5 Å². The molecule has 1 aliphatic carbocycles. The van der Waals surface area contributed by atoms with Gasteiger partial charge in [-0.3, -0.25) is 10.1 Å². The summed E-state index contributed by atoms with van der Waals surface area (Å²) in [6.07, 6.45) is 2.24. The van der Waals surface area contributed by atoms with E-state index < -0.39 is 4.92 Å². The summed E-state index contributed by atoms with van der Waals surface area (Å²) in [5.74, 6) is 0.646. The van der Waals surface area contributed by atoms with E-state index in [9.17, 15) is 10.1 Å². The van der Waals surface area contributed by atoms with Crippen molar-refractivity contribution in [2.45, 2.75) is 25.8 Å². The SMILES string of the molecule is Cc1nn(C(c2cccs2)C2CC2)c(N)c1[N+](=O)[O-]. The van der Waals surface area contributed by atoms with Gasteiger partial charge in [0.15, 0.2) is 0 Å². The molecule has 1 fully saturated rings. The van der Waals surface area contributed by atoms with Crippen molar-refractivity contribution in [2.24, 2.45) is 5.92 Å². The van der Waals surface area contributed by atoms with Gasteiger partial charge in [0.25, 0.3) is 0 Å². The molecule has 1 atom stereocenters. The molecule has 2 N–H and O–H groups in total. The summed E-state index contributed by atoms with van der Waals surface area (Å²) in [5.41, 5.74) is 6.25. The van der Waals surface area contributed by atoms with Gasteiger partial charge in [-0.25, -0.2) is 4.68 Å². The molecule has 2 aromatic heterocycles. The molecule has 2 aromatic rings. The van der Waals surface area contributed by atoms with Crippen LogP contribution in [0.25, 0.3) is 0 Å². The van der Waals surface area contributed by atoms with E-state index in [1.165, 1.54) is 0 Å². The Balaban J connectivity index is 2.09. The highest BCUT2D eigenvalue weighted by molar-refractivity contribution is 7.10. The molecule has 6 nitrogen and oxygen atoms in total. The number of anilines is 1. The summed E-state index contributed by atoms with van der Waals surface area (Å²) in [4.78, 5) is 11.7. The largest absolute Gasteiger partial charge is 0.378 e. The summed E-state index contributed by atoms with van der Waals surface area (Å²) in [6, 6.07) is 4.05. The zero-order chi connectivity index (χ0) is 13.6. The van der Waals surface area contributed by atoms with Gasteiger partial charge in [0.05, 0.1) is 11.0 Å². The minimum absolute atomic E-state index is 0.0346. The van der Waals surface area contributed by atoms with Gasteiger partial charge in [-0.1, -0.05) is 6.07 Å². The number of aromatic nitrogens is 2. The zero-order valence-corrected chi connectivity index (χ0v) is 11.3. The van der Waals surface area contributed by atoms with E-state index in [-0.39, 0.29) is 17.5 Å². The number of nitrogen functional groups attached to an aromatic ring is 1. The van der Waals surface area contributed by atoms with Crippen LogP contribution < -0.4 is 5.73 Å². The van der Waals surface area contributed by atoms with Crippen molar-refractivity contribution in [2.75, 3.05) is 5.73 Å². The minimum atomic E-state index is -0.452. The third-order valence-electron chi connectivity index (χ3n) is 3.44. The van der Waals surface area contributed by atoms with E-state index in [4.69, 9.17) is 5.73 Å². The highest BCUT2D eigenvalue weighted by Crippen LogP contribution is 2.46. The van der Waals surface area contributed by atoms with Crippen molar-refractivity contribution in [3.63, 3.8) is 0 Å². The second-order valence-electron chi connectivity index (χ2n) is 4.82. The first-order valence-corrected chi connectivity index (χ1v) is 7.00. The van der Waals surface area contributed by atoms with Crippen LogP contribution in [0.4, 0.5) is 11.5 Å². The normalized spacial score (nSPS) is 16.5. The van der Waals surface area contributed by atoms with Crippen LogP contribution >= 0.6 is 11.3 Å². The first kappa shape index (κ1) is 12.2. The smallest absolute Gasteiger partial charge is 0.333 e. The van der Waals surface area contributed by atoms with Gasteiger partial charge < -0.3 is 5.73 Å². The van der Waals surface area contributed by atoms with E-state index in [1.54, 1.807) is 22.9 Å². The van der Waals surface area contributed by atoms with Crippen LogP contribution in [0.1, 0.15) is 29.5 Å². The van der Waals surface area contributed by atoms with Gasteiger partial charge in [0.1, 0.15) is 5.69 Å². The summed E-state index contributed by atoms with van der Waals surface area (Å²) >= 11 is 1.64. The molecular weight excluding hydrogens is 264 g/mol. The lowest BCUT2D eigenvalue weighted by Crippen LogP contribution is -2.15. The highest BCUT2D eigenvalue weighted by atomic mass is 32.1. The molecule has 1 saturated carbocycles. The lowest BCUT2D eigenvalue weighted by Gasteiger charge is -2.16. The molecule has 3 rings (SSSR count). The summed E-state index contributed by atoms with van der Waals surface area (Å²) in [5, 5.41) is 17.3. The molecule has 0 aromatic carbocycles. The van der Waals surface area contributed by atoms with Crippen LogP contribution in [0, 0.1) is 23.0 Å². The van der Waals surface area contributed by atoms with Crippen molar-refractivity contribution < 1.29 is 4.92 Å². The molecule has 2 heterocycles. The number of nitro groups is 1. The Morgan fingerprint density at radius 2 is 2.37 bits per heavy atom. The molecular formula is C12H14N4O2S. The maximum Gasteiger partial charge on any atom is 0.333 e. The number of hydrogen-bond acceptors (Lipinski definition) is 5. The van der Waals surface area contributed by atoms with Crippen LogP contribution in [0.3, 0.4) is 0 Å². The zero-order valence-electron chi connectivity index (χ0n) is 10.4. The Kier molecular flexibility index (Phi) is 2.78. The van der Waals surface area contributed by atoms with E-state index in [2.05, 4.69) is 5.10 Å². The van der Waals surface area contributed by atoms with Crippen LogP contribution in [0.2, 0.25) is 0 Å². The second kappa shape index (κ2) is 4.34. The van der Waals surface area contributed by atoms with Gasteiger partial charge in [0.2, 0.25) is 5.82 Å². The predicted molar refractivity (Wildman–Crippen MR) is 73.2 cm³/mol. The quantitative estimate of drug-likeness (QED) is 0.688. The third-order valence-corrected chi connectivity index (χ3v) is 4.38. The highest BCUT2D eigenvalue weighted by Gasteiger charge is 2.38. The van der Waals surface area contributed by atoms with Crippen LogP contribution in [-0.4, -0.2) is 14.7 Å². The Morgan fingerprint density at radius 3 is 2.84 bits per heavy atom. The predicted octanol–water partition coefficient (Wildman–Crippen LogP) is 2.74. The third kappa shape index (κ3) is 1.99. The van der Waals surface area contributed by atoms with Crippen molar-refractivity contribution >= 4 is 22.8 Å². The molecule has 19 heavy (non-hydrogen) atoms. The molecule has 0 bridgehead atoms. The Labute approximate surface area is 114 Å². The Hall–Kier alpha value is -1.89. The molecule has 0 amide bonds. The molecule has 0 spiro atoms. The number of hydrogen-bond donors (Lipinski definition) is 1. The monoisotopic (exact) mass is 278 g/mol. The van der Waals surface area contributed by atoms with E-state index in [0.29, 0.717) is 11.6 Å². The van der Waals surface area contributed by atoms with Gasteiger partial charge in [-0.2, -0.15) is 5.10 Å². The maximum atomic E-state index is 11.0. The lowest BCUT2D eigenvalue weighted by molar-refractivity contribution is -0.384. The molecule has 0 saturated heterocycles. The van der Waals surface area contributed by atoms with Crippen LogP contribution in [0.5, 0.6) is 0 Å². The van der Waals surface area contributed by atoms with Gasteiger partial charge in [-0.15, -0.1) is 11.3 Å². The maximum absolute atomic E-state index is 11.0. The fourth-order valence-electron chi connectivity index (χ4n) is 2.42. The van der Waals surface area contributed by atoms with Gasteiger partial charge in [-0.05, 0) is 37.1 Å². The van der Waals surface area contributed by atoms with E-state index >= 15 is 0 Å². The van der Waals surface area contributed by atoms with Crippen LogP contribution in [0.15, 0.2) is 17.5 Å². The van der Waals surface area contributed by atoms with Crippen molar-refractivity contribution in [3.05, 3.63) is 38.2 Å². The average Bonchev–Trinajstić information content (AvgIpc) is 2.93. The molecule has 0 aliphatic heterocycles. The molecule has 7 heteroatoms. The summed E-state index contributed by atoms with van der Waals surface area (Å²) < 4.78 is 1.64. The topological polar surface area (TPSA) is 87.0 Å². The van der Waals surface area contributed by atoms with Gasteiger partial charge in [0, 0.05) is 4.88 Å². The number of rotatable bonds is 4. The summed E-state index contributed by atoms with van der Waals surface area (Å²) in [7, 11) is 0. The van der Waals surface area contributed by atoms with Crippen molar-refractivity contribution in [1.29, 1.82) is 0 Å². The first-order chi connectivity index (χ1) is 9.09. The standard InChI is InChI=1S/C12H14N4O2S/c1-7-10(16(17)18)12(13)15(14-7)11(8-4-5-8)9-3-2-6-19-9/h2-3,6,8,11H,4-5,13H2,1H3.